The second kappa shape index (κ2) is 8.08. The zero-order valence-corrected chi connectivity index (χ0v) is 18.1. The van der Waals surface area contributed by atoms with Gasteiger partial charge < -0.3 is 10.2 Å². The number of piperidine rings is 2. The van der Waals surface area contributed by atoms with Crippen molar-refractivity contribution in [3.05, 3.63) is 23.9 Å². The van der Waals surface area contributed by atoms with Gasteiger partial charge in [-0.3, -0.25) is 24.5 Å². The molecular weight excluding hydrogens is 418 g/mol. The Bertz CT molecular complexity index is 1050. The molecule has 2 N–H and O–H groups in total. The van der Waals surface area contributed by atoms with Crippen LogP contribution in [0.15, 0.2) is 18.2 Å². The Morgan fingerprint density at radius 3 is 2.62 bits per heavy atom. The summed E-state index contributed by atoms with van der Waals surface area (Å²) in [6, 6.07) is 5.34. The number of anilines is 1. The maximum Gasteiger partial charge on any atom is 0.275 e. The monoisotopic (exact) mass is 446 g/mol. The van der Waals surface area contributed by atoms with E-state index < -0.39 is 17.9 Å². The minimum Gasteiger partial charge on any atom is -0.369 e. The number of carbonyl (C=O) groups is 2. The van der Waals surface area contributed by atoms with E-state index in [1.54, 1.807) is 4.68 Å². The normalized spacial score (nSPS) is 27.0. The molecule has 1 aromatic carbocycles. The van der Waals surface area contributed by atoms with Crippen LogP contribution in [0.4, 0.5) is 14.5 Å². The molecule has 2 atom stereocenters. The second-order valence-electron chi connectivity index (χ2n) is 8.98. The molecule has 3 aliphatic heterocycles. The molecule has 1 aromatic heterocycles. The molecule has 3 aliphatic rings. The Kier molecular flexibility index (Phi) is 5.37. The molecule has 10 heteroatoms. The lowest BCUT2D eigenvalue weighted by Crippen LogP contribution is -2.61. The van der Waals surface area contributed by atoms with E-state index >= 15 is 0 Å². The highest BCUT2D eigenvalue weighted by atomic mass is 19.3. The number of alkyl halides is 2. The molecule has 2 aromatic rings. The number of benzene rings is 1. The van der Waals surface area contributed by atoms with Crippen LogP contribution in [0.5, 0.6) is 0 Å². The lowest BCUT2D eigenvalue weighted by molar-refractivity contribution is -0.134. The van der Waals surface area contributed by atoms with Gasteiger partial charge in [0.15, 0.2) is 0 Å². The van der Waals surface area contributed by atoms with Crippen molar-refractivity contribution in [1.82, 2.24) is 25.3 Å². The average Bonchev–Trinajstić information content (AvgIpc) is 3.09. The first kappa shape index (κ1) is 21.3. The fraction of sp³-hybridized carbons (Fsp3) is 0.591. The van der Waals surface area contributed by atoms with Crippen molar-refractivity contribution in [1.29, 1.82) is 0 Å². The van der Waals surface area contributed by atoms with E-state index in [0.717, 1.165) is 16.6 Å². The SMILES string of the molecule is Cn1nc(C2CCC(=O)NC2=O)c2ccc(N3CCN([C@H]4CCNCC4(F)F)CC3)cc21. The Morgan fingerprint density at radius 1 is 1.12 bits per heavy atom. The number of nitrogens with one attached hydrogen (secondary N) is 2. The topological polar surface area (TPSA) is 82.5 Å². The number of carbonyl (C=O) groups excluding carboxylic acids is 2. The van der Waals surface area contributed by atoms with Crippen LogP contribution in [0.2, 0.25) is 0 Å². The Balaban J connectivity index is 1.32. The number of imide groups is 1. The maximum absolute atomic E-state index is 14.3. The number of aromatic nitrogens is 2. The van der Waals surface area contributed by atoms with Crippen LogP contribution < -0.4 is 15.5 Å². The van der Waals surface area contributed by atoms with Gasteiger partial charge in [-0.2, -0.15) is 5.10 Å². The molecular formula is C22H28F2N6O2. The van der Waals surface area contributed by atoms with Crippen LogP contribution >= 0.6 is 0 Å². The molecule has 0 aliphatic carbocycles. The van der Waals surface area contributed by atoms with Crippen LogP contribution in [0, 0.1) is 0 Å². The quantitative estimate of drug-likeness (QED) is 0.690. The summed E-state index contributed by atoms with van der Waals surface area (Å²) in [6.07, 6.45) is 1.24. The highest BCUT2D eigenvalue weighted by molar-refractivity contribution is 6.02. The number of hydrogen-bond donors (Lipinski definition) is 2. The van der Waals surface area contributed by atoms with Crippen molar-refractivity contribution in [3.63, 3.8) is 0 Å². The second-order valence-corrected chi connectivity index (χ2v) is 8.98. The van der Waals surface area contributed by atoms with Crippen LogP contribution in [-0.2, 0) is 16.6 Å². The van der Waals surface area contributed by atoms with Gasteiger partial charge in [-0.1, -0.05) is 0 Å². The molecule has 0 saturated carbocycles. The van der Waals surface area contributed by atoms with Crippen molar-refractivity contribution in [2.45, 2.75) is 37.1 Å². The largest absolute Gasteiger partial charge is 0.369 e. The average molecular weight is 447 g/mol. The van der Waals surface area contributed by atoms with Crippen LogP contribution in [0.25, 0.3) is 10.9 Å². The van der Waals surface area contributed by atoms with Crippen LogP contribution in [0.1, 0.15) is 30.9 Å². The van der Waals surface area contributed by atoms with Gasteiger partial charge in [-0.25, -0.2) is 8.78 Å². The Morgan fingerprint density at radius 2 is 1.91 bits per heavy atom. The Labute approximate surface area is 184 Å². The molecule has 8 nitrogen and oxygen atoms in total. The predicted molar refractivity (Wildman–Crippen MR) is 116 cm³/mol. The van der Waals surface area contributed by atoms with Crippen LogP contribution in [0.3, 0.4) is 0 Å². The van der Waals surface area contributed by atoms with Crippen molar-refractivity contribution < 1.29 is 18.4 Å². The van der Waals surface area contributed by atoms with Gasteiger partial charge in [0.1, 0.15) is 0 Å². The summed E-state index contributed by atoms with van der Waals surface area (Å²) in [6.45, 7) is 2.96. The van der Waals surface area contributed by atoms with E-state index in [-0.39, 0.29) is 18.4 Å². The van der Waals surface area contributed by atoms with E-state index in [1.165, 1.54) is 0 Å². The van der Waals surface area contributed by atoms with Crippen molar-refractivity contribution in [3.8, 4) is 0 Å². The Hall–Kier alpha value is -2.59. The number of aryl methyl sites for hydroxylation is 1. The number of fused-ring (bicyclic) bond motifs is 1. The molecule has 32 heavy (non-hydrogen) atoms. The van der Waals surface area contributed by atoms with Crippen LogP contribution in [-0.4, -0.2) is 77.7 Å². The third-order valence-electron chi connectivity index (χ3n) is 7.00. The number of halogens is 2. The third kappa shape index (κ3) is 3.75. The van der Waals surface area contributed by atoms with Crippen molar-refractivity contribution in [2.75, 3.05) is 44.2 Å². The summed E-state index contributed by atoms with van der Waals surface area (Å²) in [5.41, 5.74) is 2.62. The van der Waals surface area contributed by atoms with Crippen molar-refractivity contribution >= 4 is 28.4 Å². The number of rotatable bonds is 3. The van der Waals surface area contributed by atoms with Gasteiger partial charge in [0.25, 0.3) is 5.92 Å². The summed E-state index contributed by atoms with van der Waals surface area (Å²) in [5, 5.41) is 10.7. The third-order valence-corrected chi connectivity index (χ3v) is 7.00. The van der Waals surface area contributed by atoms with Gasteiger partial charge in [0.05, 0.1) is 29.7 Å². The van der Waals surface area contributed by atoms with E-state index in [2.05, 4.69) is 20.6 Å². The molecule has 3 fully saturated rings. The smallest absolute Gasteiger partial charge is 0.275 e. The fourth-order valence-corrected chi connectivity index (χ4v) is 5.25. The van der Waals surface area contributed by atoms with E-state index in [0.29, 0.717) is 57.7 Å². The molecule has 2 amide bonds. The first-order chi connectivity index (χ1) is 15.3. The molecule has 0 radical (unpaired) electrons. The van der Waals surface area contributed by atoms with E-state index in [4.69, 9.17) is 0 Å². The summed E-state index contributed by atoms with van der Waals surface area (Å²) in [5.74, 6) is -3.66. The summed E-state index contributed by atoms with van der Waals surface area (Å²) in [4.78, 5) is 28.0. The van der Waals surface area contributed by atoms with E-state index in [1.807, 2.05) is 30.1 Å². The summed E-state index contributed by atoms with van der Waals surface area (Å²) >= 11 is 0. The first-order valence-electron chi connectivity index (χ1n) is 11.2. The van der Waals surface area contributed by atoms with Gasteiger partial charge in [-0.05, 0) is 37.6 Å². The number of nitrogens with zero attached hydrogens (tertiary/aromatic N) is 4. The fourth-order valence-electron chi connectivity index (χ4n) is 5.25. The van der Waals surface area contributed by atoms with E-state index in [9.17, 15) is 18.4 Å². The zero-order valence-electron chi connectivity index (χ0n) is 18.1. The number of hydrogen-bond acceptors (Lipinski definition) is 6. The van der Waals surface area contributed by atoms with Gasteiger partial charge in [0.2, 0.25) is 11.8 Å². The minimum atomic E-state index is -2.69. The molecule has 172 valence electrons. The molecule has 0 bridgehead atoms. The molecule has 5 rings (SSSR count). The molecule has 4 heterocycles. The van der Waals surface area contributed by atoms with Gasteiger partial charge in [0, 0.05) is 50.7 Å². The van der Waals surface area contributed by atoms with Gasteiger partial charge in [-0.15, -0.1) is 0 Å². The summed E-state index contributed by atoms with van der Waals surface area (Å²) < 4.78 is 30.4. The highest BCUT2D eigenvalue weighted by Gasteiger charge is 2.45. The highest BCUT2D eigenvalue weighted by Crippen LogP contribution is 2.33. The maximum atomic E-state index is 14.3. The lowest BCUT2D eigenvalue weighted by atomic mass is 9.93. The first-order valence-corrected chi connectivity index (χ1v) is 11.2. The molecule has 0 spiro atoms. The number of piperazine rings is 1. The molecule has 1 unspecified atom stereocenters. The predicted octanol–water partition coefficient (Wildman–Crippen LogP) is 1.21. The minimum absolute atomic E-state index is 0.241. The lowest BCUT2D eigenvalue weighted by Gasteiger charge is -2.44. The molecule has 3 saturated heterocycles. The van der Waals surface area contributed by atoms with Crippen molar-refractivity contribution in [2.24, 2.45) is 7.05 Å². The number of amides is 2. The van der Waals surface area contributed by atoms with Gasteiger partial charge >= 0.3 is 0 Å². The standard InChI is InChI=1S/C22H28F2N6O2/c1-28-17-12-14(2-3-15(17)20(27-28)16-4-5-19(31)26-21(16)32)29-8-10-30(11-9-29)18-6-7-25-13-22(18,23)24/h2-3,12,16,18,25H,4-11,13H2,1H3,(H,26,31,32)/t16?,18-/m0/s1. The zero-order chi connectivity index (χ0) is 22.5. The summed E-state index contributed by atoms with van der Waals surface area (Å²) in [7, 11) is 1.85.